The van der Waals surface area contributed by atoms with Crippen LogP contribution in [0.15, 0.2) is 33.6 Å². The smallest absolute Gasteiger partial charge is 0.207 e. The summed E-state index contributed by atoms with van der Waals surface area (Å²) < 4.78 is 27.9. The Morgan fingerprint density at radius 1 is 0.905 bits per heavy atom. The van der Waals surface area contributed by atoms with E-state index in [4.69, 9.17) is 0 Å². The average Bonchev–Trinajstić information content (AvgIpc) is 2.49. The van der Waals surface area contributed by atoms with Gasteiger partial charge in [0.2, 0.25) is 10.0 Å². The lowest BCUT2D eigenvalue weighted by Crippen LogP contribution is -2.43. The maximum Gasteiger partial charge on any atom is 0.243 e. The number of hydrogen-bond acceptors (Lipinski definition) is 2. The summed E-state index contributed by atoms with van der Waals surface area (Å²) in [5.74, 6) is 0. The monoisotopic (exact) mass is 371 g/mol. The quantitative estimate of drug-likeness (QED) is 0.781. The molecule has 1 aromatic rings. The van der Waals surface area contributed by atoms with Crippen LogP contribution < -0.4 is 0 Å². The number of nitrogens with zero attached hydrogens (tertiary/aromatic N) is 1. The van der Waals surface area contributed by atoms with E-state index in [1.54, 1.807) is 28.6 Å². The molecular formula is C16H22BrNO2S. The molecule has 1 aliphatic heterocycles. The second-order valence-electron chi connectivity index (χ2n) is 6.42. The molecule has 5 heteroatoms. The van der Waals surface area contributed by atoms with Gasteiger partial charge in [0.25, 0.3) is 0 Å². The van der Waals surface area contributed by atoms with E-state index in [0.717, 1.165) is 17.3 Å². The molecule has 1 heterocycles. The van der Waals surface area contributed by atoms with E-state index in [1.165, 1.54) is 32.1 Å². The minimum Gasteiger partial charge on any atom is -0.207 e. The summed E-state index contributed by atoms with van der Waals surface area (Å²) >= 11 is 3.35. The Bertz CT molecular complexity index is 581. The van der Waals surface area contributed by atoms with E-state index < -0.39 is 10.0 Å². The SMILES string of the molecule is O=S(=O)(c1ccc(Br)cc1)N1CCC2(CCCCC2)CC1. The molecule has 0 aromatic heterocycles. The van der Waals surface area contributed by atoms with Crippen molar-refractivity contribution < 1.29 is 8.42 Å². The Kier molecular flexibility index (Phi) is 4.44. The van der Waals surface area contributed by atoms with Gasteiger partial charge in [0.1, 0.15) is 0 Å². The van der Waals surface area contributed by atoms with E-state index >= 15 is 0 Å². The Labute approximate surface area is 135 Å². The van der Waals surface area contributed by atoms with Gasteiger partial charge in [0.05, 0.1) is 4.90 Å². The highest BCUT2D eigenvalue weighted by atomic mass is 79.9. The maximum atomic E-state index is 12.7. The van der Waals surface area contributed by atoms with Crippen LogP contribution in [0.1, 0.15) is 44.9 Å². The van der Waals surface area contributed by atoms with E-state index in [0.29, 0.717) is 23.4 Å². The summed E-state index contributed by atoms with van der Waals surface area (Å²) in [7, 11) is -3.32. The molecule has 21 heavy (non-hydrogen) atoms. The van der Waals surface area contributed by atoms with Gasteiger partial charge in [-0.25, -0.2) is 8.42 Å². The van der Waals surface area contributed by atoms with E-state index in [9.17, 15) is 8.42 Å². The molecule has 0 bridgehead atoms. The first-order valence-corrected chi connectivity index (χ1v) is 10.0. The molecule has 0 N–H and O–H groups in total. The van der Waals surface area contributed by atoms with Crippen molar-refractivity contribution in [3.8, 4) is 0 Å². The molecule has 3 nitrogen and oxygen atoms in total. The Morgan fingerprint density at radius 3 is 2.05 bits per heavy atom. The summed E-state index contributed by atoms with van der Waals surface area (Å²) in [4.78, 5) is 0.408. The first-order chi connectivity index (χ1) is 10.0. The van der Waals surface area contributed by atoms with Crippen LogP contribution in [0.3, 0.4) is 0 Å². The number of hydrogen-bond donors (Lipinski definition) is 0. The molecule has 116 valence electrons. The molecule has 2 aliphatic rings. The third kappa shape index (κ3) is 3.20. The van der Waals surface area contributed by atoms with E-state index in [-0.39, 0.29) is 0 Å². The zero-order valence-electron chi connectivity index (χ0n) is 12.2. The minimum atomic E-state index is -3.32. The summed E-state index contributed by atoms with van der Waals surface area (Å²) in [5, 5.41) is 0. The van der Waals surface area contributed by atoms with Gasteiger partial charge in [-0.05, 0) is 55.4 Å². The average molecular weight is 372 g/mol. The lowest BCUT2D eigenvalue weighted by Gasteiger charge is -2.43. The largest absolute Gasteiger partial charge is 0.243 e. The normalized spacial score (nSPS) is 23.3. The molecule has 1 aliphatic carbocycles. The first kappa shape index (κ1) is 15.5. The second-order valence-corrected chi connectivity index (χ2v) is 9.27. The highest BCUT2D eigenvalue weighted by Gasteiger charge is 2.38. The van der Waals surface area contributed by atoms with Crippen LogP contribution in [0.2, 0.25) is 0 Å². The van der Waals surface area contributed by atoms with Gasteiger partial charge in [0.15, 0.2) is 0 Å². The number of piperidine rings is 1. The molecule has 1 aromatic carbocycles. The fraction of sp³-hybridized carbons (Fsp3) is 0.625. The van der Waals surface area contributed by atoms with Crippen LogP contribution in [-0.4, -0.2) is 25.8 Å². The van der Waals surface area contributed by atoms with Crippen molar-refractivity contribution in [2.75, 3.05) is 13.1 Å². The topological polar surface area (TPSA) is 37.4 Å². The molecule has 0 atom stereocenters. The van der Waals surface area contributed by atoms with Crippen LogP contribution in [0.4, 0.5) is 0 Å². The predicted octanol–water partition coefficient (Wildman–Crippen LogP) is 4.18. The molecule has 0 amide bonds. The number of sulfonamides is 1. The predicted molar refractivity (Wildman–Crippen MR) is 87.7 cm³/mol. The molecule has 1 saturated carbocycles. The zero-order chi connectivity index (χ0) is 14.9. The van der Waals surface area contributed by atoms with Crippen molar-refractivity contribution in [2.24, 2.45) is 5.41 Å². The third-order valence-electron chi connectivity index (χ3n) is 5.15. The van der Waals surface area contributed by atoms with E-state index in [1.807, 2.05) is 0 Å². The van der Waals surface area contributed by atoms with Gasteiger partial charge in [-0.3, -0.25) is 0 Å². The van der Waals surface area contributed by atoms with Crippen molar-refractivity contribution in [2.45, 2.75) is 49.8 Å². The van der Waals surface area contributed by atoms with Crippen molar-refractivity contribution in [1.82, 2.24) is 4.31 Å². The Balaban J connectivity index is 1.72. The molecule has 3 rings (SSSR count). The van der Waals surface area contributed by atoms with Gasteiger partial charge < -0.3 is 0 Å². The molecule has 1 saturated heterocycles. The van der Waals surface area contributed by atoms with E-state index in [2.05, 4.69) is 15.9 Å². The standard InChI is InChI=1S/C16H22BrNO2S/c17-14-4-6-15(7-5-14)21(19,20)18-12-10-16(11-13-18)8-2-1-3-9-16/h4-7H,1-3,8-13H2. The molecule has 1 spiro atoms. The molecule has 2 fully saturated rings. The molecule has 0 radical (unpaired) electrons. The lowest BCUT2D eigenvalue weighted by atomic mass is 9.68. The fourth-order valence-electron chi connectivity index (χ4n) is 3.76. The third-order valence-corrected chi connectivity index (χ3v) is 7.59. The highest BCUT2D eigenvalue weighted by Crippen LogP contribution is 2.45. The van der Waals surface area contributed by atoms with Crippen molar-refractivity contribution in [3.63, 3.8) is 0 Å². The lowest BCUT2D eigenvalue weighted by molar-refractivity contribution is 0.102. The van der Waals surface area contributed by atoms with Crippen LogP contribution in [-0.2, 0) is 10.0 Å². The molecular weight excluding hydrogens is 350 g/mol. The van der Waals surface area contributed by atoms with Gasteiger partial charge in [0, 0.05) is 17.6 Å². The van der Waals surface area contributed by atoms with Crippen molar-refractivity contribution in [1.29, 1.82) is 0 Å². The summed E-state index contributed by atoms with van der Waals surface area (Å²) in [5.41, 5.74) is 0.435. The Morgan fingerprint density at radius 2 is 1.48 bits per heavy atom. The van der Waals surface area contributed by atoms with Gasteiger partial charge in [-0.15, -0.1) is 0 Å². The highest BCUT2D eigenvalue weighted by molar-refractivity contribution is 9.10. The Hall–Kier alpha value is -0.390. The summed E-state index contributed by atoms with van der Waals surface area (Å²) in [6.45, 7) is 1.36. The fourth-order valence-corrected chi connectivity index (χ4v) is 5.46. The van der Waals surface area contributed by atoms with Gasteiger partial charge >= 0.3 is 0 Å². The first-order valence-electron chi connectivity index (χ1n) is 7.78. The number of rotatable bonds is 2. The number of halogens is 1. The zero-order valence-corrected chi connectivity index (χ0v) is 14.6. The summed E-state index contributed by atoms with van der Waals surface area (Å²) in [6.07, 6.45) is 8.63. The van der Waals surface area contributed by atoms with Crippen LogP contribution in [0.25, 0.3) is 0 Å². The van der Waals surface area contributed by atoms with Crippen molar-refractivity contribution >= 4 is 26.0 Å². The van der Waals surface area contributed by atoms with Crippen LogP contribution >= 0.6 is 15.9 Å². The van der Waals surface area contributed by atoms with Gasteiger partial charge in [-0.1, -0.05) is 35.2 Å². The minimum absolute atomic E-state index is 0.408. The number of benzene rings is 1. The van der Waals surface area contributed by atoms with Crippen molar-refractivity contribution in [3.05, 3.63) is 28.7 Å². The maximum absolute atomic E-state index is 12.7. The van der Waals surface area contributed by atoms with Gasteiger partial charge in [-0.2, -0.15) is 4.31 Å². The van der Waals surface area contributed by atoms with Crippen LogP contribution in [0.5, 0.6) is 0 Å². The van der Waals surface area contributed by atoms with Crippen LogP contribution in [0, 0.1) is 5.41 Å². The molecule has 0 unspecified atom stereocenters. The summed E-state index contributed by atoms with van der Waals surface area (Å²) in [6, 6.07) is 6.95. The second kappa shape index (κ2) is 6.01.